The molecule has 2 aromatic rings. The van der Waals surface area contributed by atoms with Gasteiger partial charge in [0.05, 0.1) is 12.6 Å². The lowest BCUT2D eigenvalue weighted by molar-refractivity contribution is -0.128. The molecule has 128 valence electrons. The van der Waals surface area contributed by atoms with Crippen LogP contribution >= 0.6 is 12.4 Å². The number of aromatic nitrogens is 4. The maximum Gasteiger partial charge on any atom is 0.254 e. The minimum Gasteiger partial charge on any atom is -0.366 e. The summed E-state index contributed by atoms with van der Waals surface area (Å²) in [6, 6.07) is 7.97. The molecular weight excluding hydrogens is 332 g/mol. The second-order valence-electron chi connectivity index (χ2n) is 5.81. The number of hydrogen-bond acceptors (Lipinski definition) is 6. The molecule has 1 saturated heterocycles. The molecule has 4 rings (SSSR count). The Morgan fingerprint density at radius 1 is 1.38 bits per heavy atom. The molecule has 0 bridgehead atoms. The molecule has 24 heavy (non-hydrogen) atoms. The first kappa shape index (κ1) is 16.8. The van der Waals surface area contributed by atoms with Crippen LogP contribution in [0.15, 0.2) is 24.3 Å². The number of carbonyl (C=O) groups is 1. The van der Waals surface area contributed by atoms with Crippen LogP contribution in [0, 0.1) is 0 Å². The Balaban J connectivity index is 0.00000169. The number of ether oxygens (including phenoxy) is 1. The van der Waals surface area contributed by atoms with Gasteiger partial charge in [-0.1, -0.05) is 12.1 Å². The molecule has 8 nitrogen and oxygen atoms in total. The fourth-order valence-electron chi connectivity index (χ4n) is 2.64. The largest absolute Gasteiger partial charge is 0.366 e. The van der Waals surface area contributed by atoms with Crippen molar-refractivity contribution >= 4 is 24.0 Å². The molecule has 1 amide bonds. The molecule has 0 spiro atoms. The molecule has 1 aliphatic heterocycles. The zero-order valence-electron chi connectivity index (χ0n) is 13.0. The third kappa shape index (κ3) is 3.55. The number of carbonyl (C=O) groups excluding carboxylic acids is 1. The molecule has 2 fully saturated rings. The fourth-order valence-corrected chi connectivity index (χ4v) is 2.64. The van der Waals surface area contributed by atoms with E-state index in [9.17, 15) is 4.79 Å². The fraction of sp³-hybridized carbons (Fsp3) is 0.467. The predicted octanol–water partition coefficient (Wildman–Crippen LogP) is 1.02. The zero-order chi connectivity index (χ0) is 15.6. The first-order valence-electron chi connectivity index (χ1n) is 7.83. The van der Waals surface area contributed by atoms with Crippen LogP contribution in [0.25, 0.3) is 11.4 Å². The quantitative estimate of drug-likeness (QED) is 0.855. The Bertz CT molecular complexity index is 711. The van der Waals surface area contributed by atoms with Crippen LogP contribution in [0.4, 0.5) is 5.69 Å². The van der Waals surface area contributed by atoms with Crippen molar-refractivity contribution in [2.45, 2.75) is 25.0 Å². The van der Waals surface area contributed by atoms with E-state index in [1.54, 1.807) is 0 Å². The van der Waals surface area contributed by atoms with E-state index in [4.69, 9.17) is 4.74 Å². The van der Waals surface area contributed by atoms with Crippen molar-refractivity contribution in [1.29, 1.82) is 0 Å². The van der Waals surface area contributed by atoms with Crippen LogP contribution in [-0.2, 0) is 9.53 Å². The average Bonchev–Trinajstić information content (AvgIpc) is 3.32. The lowest BCUT2D eigenvalue weighted by Crippen LogP contribution is -2.45. The van der Waals surface area contributed by atoms with E-state index >= 15 is 0 Å². The van der Waals surface area contributed by atoms with E-state index in [0.29, 0.717) is 24.9 Å². The lowest BCUT2D eigenvalue weighted by atomic mass is 10.1. The average molecular weight is 351 g/mol. The topological polar surface area (TPSA) is 94.0 Å². The van der Waals surface area contributed by atoms with Gasteiger partial charge >= 0.3 is 0 Å². The van der Waals surface area contributed by atoms with Gasteiger partial charge in [0.2, 0.25) is 0 Å². The van der Waals surface area contributed by atoms with Crippen LogP contribution in [0.5, 0.6) is 0 Å². The summed E-state index contributed by atoms with van der Waals surface area (Å²) in [5.41, 5.74) is 1.61. The number of nitrogens with one attached hydrogen (secondary N) is 2. The summed E-state index contributed by atoms with van der Waals surface area (Å²) in [5.74, 6) is 0.593. The standard InChI is InChI=1S/C15H18N6O2.ClH/c22-15(13-9-16-6-7-23-13)17-11-3-1-2-10(8-11)14-18-19-20-21(14)12-4-5-12;/h1-3,8,12-13,16H,4-7,9H2,(H,17,22);1H. The Labute approximate surface area is 145 Å². The van der Waals surface area contributed by atoms with Gasteiger partial charge in [0, 0.05) is 24.3 Å². The van der Waals surface area contributed by atoms with Gasteiger partial charge < -0.3 is 15.4 Å². The van der Waals surface area contributed by atoms with Crippen molar-refractivity contribution in [3.63, 3.8) is 0 Å². The monoisotopic (exact) mass is 350 g/mol. The van der Waals surface area contributed by atoms with Gasteiger partial charge in [-0.25, -0.2) is 4.68 Å². The number of morpholine rings is 1. The molecule has 1 aromatic carbocycles. The van der Waals surface area contributed by atoms with Crippen molar-refractivity contribution < 1.29 is 9.53 Å². The van der Waals surface area contributed by atoms with E-state index in [-0.39, 0.29) is 18.3 Å². The Hall–Kier alpha value is -2.03. The summed E-state index contributed by atoms with van der Waals surface area (Å²) < 4.78 is 7.32. The smallest absolute Gasteiger partial charge is 0.254 e. The highest BCUT2D eigenvalue weighted by molar-refractivity contribution is 5.94. The maximum atomic E-state index is 12.2. The second-order valence-corrected chi connectivity index (χ2v) is 5.81. The van der Waals surface area contributed by atoms with Gasteiger partial charge in [-0.3, -0.25) is 4.79 Å². The van der Waals surface area contributed by atoms with Crippen molar-refractivity contribution in [2.75, 3.05) is 25.0 Å². The van der Waals surface area contributed by atoms with Crippen molar-refractivity contribution in [3.05, 3.63) is 24.3 Å². The van der Waals surface area contributed by atoms with Crippen LogP contribution in [-0.4, -0.2) is 51.9 Å². The van der Waals surface area contributed by atoms with E-state index < -0.39 is 6.10 Å². The number of hydrogen-bond donors (Lipinski definition) is 2. The number of anilines is 1. The van der Waals surface area contributed by atoms with Crippen molar-refractivity contribution in [1.82, 2.24) is 25.5 Å². The minimum atomic E-state index is -0.454. The summed E-state index contributed by atoms with van der Waals surface area (Å²) in [5, 5.41) is 18.0. The molecule has 9 heteroatoms. The van der Waals surface area contributed by atoms with Gasteiger partial charge in [0.25, 0.3) is 5.91 Å². The van der Waals surface area contributed by atoms with Crippen LogP contribution in [0.2, 0.25) is 0 Å². The highest BCUT2D eigenvalue weighted by Gasteiger charge is 2.28. The summed E-state index contributed by atoms with van der Waals surface area (Å²) in [7, 11) is 0. The highest BCUT2D eigenvalue weighted by Crippen LogP contribution is 2.36. The second kappa shape index (κ2) is 7.25. The molecule has 2 heterocycles. The van der Waals surface area contributed by atoms with Gasteiger partial charge in [-0.15, -0.1) is 17.5 Å². The van der Waals surface area contributed by atoms with Crippen LogP contribution in [0.3, 0.4) is 0 Å². The summed E-state index contributed by atoms with van der Waals surface area (Å²) in [6.07, 6.45) is 1.77. The van der Waals surface area contributed by atoms with Crippen molar-refractivity contribution in [3.8, 4) is 11.4 Å². The molecule has 2 aliphatic rings. The number of halogens is 1. The van der Waals surface area contributed by atoms with E-state index in [1.807, 2.05) is 28.9 Å². The van der Waals surface area contributed by atoms with Gasteiger partial charge in [0.15, 0.2) is 5.82 Å². The Morgan fingerprint density at radius 2 is 2.25 bits per heavy atom. The van der Waals surface area contributed by atoms with E-state index in [2.05, 4.69) is 26.2 Å². The Morgan fingerprint density at radius 3 is 3.00 bits per heavy atom. The molecule has 1 unspecified atom stereocenters. The van der Waals surface area contributed by atoms with Gasteiger partial charge in [-0.2, -0.15) is 0 Å². The SMILES string of the molecule is Cl.O=C(Nc1cccc(-c2nnnn2C2CC2)c1)C1CNCCO1. The molecule has 1 atom stereocenters. The molecule has 1 aromatic heterocycles. The molecular formula is C15H19ClN6O2. The van der Waals surface area contributed by atoms with E-state index in [1.165, 1.54) is 0 Å². The Kier molecular flexibility index (Phi) is 5.08. The number of amides is 1. The van der Waals surface area contributed by atoms with Crippen LogP contribution in [0.1, 0.15) is 18.9 Å². The first-order chi connectivity index (χ1) is 11.3. The van der Waals surface area contributed by atoms with Gasteiger partial charge in [-0.05, 0) is 35.4 Å². The number of nitrogens with zero attached hydrogens (tertiary/aromatic N) is 4. The third-order valence-corrected chi connectivity index (χ3v) is 3.99. The van der Waals surface area contributed by atoms with Crippen molar-refractivity contribution in [2.24, 2.45) is 0 Å². The molecule has 2 N–H and O–H groups in total. The zero-order valence-corrected chi connectivity index (χ0v) is 13.8. The number of benzene rings is 1. The number of tetrazole rings is 1. The molecule has 1 saturated carbocycles. The predicted molar refractivity (Wildman–Crippen MR) is 90.0 cm³/mol. The normalized spacial score (nSPS) is 20.2. The number of rotatable bonds is 4. The maximum absolute atomic E-state index is 12.2. The minimum absolute atomic E-state index is 0. The lowest BCUT2D eigenvalue weighted by Gasteiger charge is -2.22. The van der Waals surface area contributed by atoms with Crippen LogP contribution < -0.4 is 10.6 Å². The summed E-state index contributed by atoms with van der Waals surface area (Å²) >= 11 is 0. The third-order valence-electron chi connectivity index (χ3n) is 3.99. The first-order valence-corrected chi connectivity index (χ1v) is 7.83. The molecule has 0 radical (unpaired) electrons. The van der Waals surface area contributed by atoms with E-state index in [0.717, 1.165) is 30.8 Å². The van der Waals surface area contributed by atoms with Gasteiger partial charge in [0.1, 0.15) is 6.10 Å². The summed E-state index contributed by atoms with van der Waals surface area (Å²) in [6.45, 7) is 1.86. The molecule has 1 aliphatic carbocycles. The highest BCUT2D eigenvalue weighted by atomic mass is 35.5. The summed E-state index contributed by atoms with van der Waals surface area (Å²) in [4.78, 5) is 12.2.